The van der Waals surface area contributed by atoms with Crippen LogP contribution < -0.4 is 40.0 Å². The maximum absolute atomic E-state index is 13.0. The Kier molecular flexibility index (Phi) is 8.46. The van der Waals surface area contributed by atoms with Gasteiger partial charge in [-0.2, -0.15) is 0 Å². The van der Waals surface area contributed by atoms with E-state index in [1.54, 1.807) is 6.26 Å². The van der Waals surface area contributed by atoms with Crippen LogP contribution in [0.4, 0.5) is 0 Å². The number of nitrogens with zero attached hydrogens (tertiary/aromatic N) is 1. The monoisotopic (exact) mass is 458 g/mol. The van der Waals surface area contributed by atoms with E-state index in [1.807, 2.05) is 30.3 Å². The van der Waals surface area contributed by atoms with E-state index in [2.05, 4.69) is 5.32 Å². The molecule has 1 N–H and O–H groups in total. The molecule has 2 aliphatic rings. The summed E-state index contributed by atoms with van der Waals surface area (Å²) in [5.74, 6) is -2.70. The minimum absolute atomic E-state index is 0. The number of carbonyl (C=O) groups excluding carboxylic acids is 4. The van der Waals surface area contributed by atoms with E-state index >= 15 is 0 Å². The summed E-state index contributed by atoms with van der Waals surface area (Å²) >= 11 is 2.47. The Morgan fingerprint density at radius 1 is 1.33 bits per heavy atom. The van der Waals surface area contributed by atoms with Crippen molar-refractivity contribution in [3.63, 3.8) is 0 Å². The molecule has 3 rings (SSSR count). The van der Waals surface area contributed by atoms with Crippen LogP contribution in [0.3, 0.4) is 0 Å². The molecule has 0 aliphatic carbocycles. The van der Waals surface area contributed by atoms with Gasteiger partial charge in [0, 0.05) is 18.2 Å². The number of hydrogen-bond acceptors (Lipinski definition) is 8. The van der Waals surface area contributed by atoms with Crippen LogP contribution in [-0.2, 0) is 30.3 Å². The quantitative estimate of drug-likeness (QED) is 0.198. The predicted molar refractivity (Wildman–Crippen MR) is 106 cm³/mol. The Hall–Kier alpha value is -1.46. The number of hydrogen-bond donors (Lipinski definition) is 1. The molecule has 8 nitrogen and oxygen atoms in total. The van der Waals surface area contributed by atoms with E-state index in [9.17, 15) is 24.3 Å². The number of fused-ring (bicyclic) bond motifs is 1. The van der Waals surface area contributed by atoms with Crippen molar-refractivity contribution in [1.29, 1.82) is 0 Å². The van der Waals surface area contributed by atoms with Crippen LogP contribution >= 0.6 is 23.5 Å². The Balaban J connectivity index is 0.00000320. The van der Waals surface area contributed by atoms with E-state index in [-0.39, 0.29) is 59.9 Å². The molecule has 2 heterocycles. The number of carbonyl (C=O) groups is 4. The zero-order chi connectivity index (χ0) is 21.2. The predicted octanol–water partition coefficient (Wildman–Crippen LogP) is -3.11. The summed E-state index contributed by atoms with van der Waals surface area (Å²) in [7, 11) is 0. The molecule has 1 fully saturated rings. The summed E-state index contributed by atoms with van der Waals surface area (Å²) in [5.41, 5.74) is 0.808. The van der Waals surface area contributed by atoms with E-state index in [4.69, 9.17) is 4.74 Å². The third-order valence-electron chi connectivity index (χ3n) is 4.61. The van der Waals surface area contributed by atoms with Crippen molar-refractivity contribution in [1.82, 2.24) is 10.2 Å². The molecule has 0 aromatic heterocycles. The first-order valence-corrected chi connectivity index (χ1v) is 11.0. The van der Waals surface area contributed by atoms with Crippen molar-refractivity contribution in [3.8, 4) is 0 Å². The summed E-state index contributed by atoms with van der Waals surface area (Å²) in [6.45, 7) is 0.989. The molecular weight excluding hydrogens is 439 g/mol. The number of carboxylic acids is 1. The van der Waals surface area contributed by atoms with E-state index in [1.165, 1.54) is 18.7 Å². The van der Waals surface area contributed by atoms with Gasteiger partial charge in [-0.05, 0) is 11.8 Å². The molecule has 1 aromatic carbocycles. The number of rotatable bonds is 7. The average molecular weight is 458 g/mol. The normalized spacial score (nSPS) is 22.4. The standard InChI is InChI=1S/C19H20N2O6S2.Na/c1-11(22)27-9-13-10-29-18-19(28-2,17(26)21(18)15(13)16(24)25)20-14(23)8-12-6-4-3-5-7-12;/h3-7,18H,8-10H2,1-2H3,(H,20,23)(H,24,25);/q;+1/p-1/t18-,19+;/m1./s1. The number of carboxylic acid groups (broad SMARTS) is 1. The van der Waals surface area contributed by atoms with Crippen LogP contribution in [0.1, 0.15) is 12.5 Å². The minimum Gasteiger partial charge on any atom is -0.543 e. The third-order valence-corrected chi connectivity index (χ3v) is 7.30. The summed E-state index contributed by atoms with van der Waals surface area (Å²) in [4.78, 5) is 48.1. The number of amides is 2. The second kappa shape index (κ2) is 10.2. The smallest absolute Gasteiger partial charge is 0.543 e. The maximum atomic E-state index is 13.0. The van der Waals surface area contributed by atoms with Gasteiger partial charge in [0.15, 0.2) is 4.87 Å². The molecule has 0 bridgehead atoms. The summed E-state index contributed by atoms with van der Waals surface area (Å²) in [6, 6.07) is 9.11. The van der Waals surface area contributed by atoms with Gasteiger partial charge >= 0.3 is 35.5 Å². The van der Waals surface area contributed by atoms with Gasteiger partial charge in [-0.3, -0.25) is 19.3 Å². The number of benzene rings is 1. The number of aliphatic carboxylic acids is 1. The molecule has 0 radical (unpaired) electrons. The van der Waals surface area contributed by atoms with Crippen molar-refractivity contribution in [2.75, 3.05) is 18.6 Å². The van der Waals surface area contributed by atoms with Crippen LogP contribution in [0, 0.1) is 0 Å². The molecule has 2 atom stereocenters. The van der Waals surface area contributed by atoms with Crippen molar-refractivity contribution in [3.05, 3.63) is 47.2 Å². The molecule has 154 valence electrons. The summed E-state index contributed by atoms with van der Waals surface area (Å²) in [5, 5.41) is 13.9. The zero-order valence-corrected chi connectivity index (χ0v) is 20.4. The minimum atomic E-state index is -1.52. The molecule has 0 saturated carbocycles. The van der Waals surface area contributed by atoms with E-state index in [0.717, 1.165) is 22.2 Å². The van der Waals surface area contributed by atoms with Crippen LogP contribution in [0.25, 0.3) is 0 Å². The van der Waals surface area contributed by atoms with E-state index in [0.29, 0.717) is 5.57 Å². The number of ether oxygens (including phenoxy) is 1. The Labute approximate surface area is 204 Å². The zero-order valence-electron chi connectivity index (χ0n) is 16.8. The molecule has 2 aliphatic heterocycles. The molecule has 1 saturated heterocycles. The third kappa shape index (κ3) is 4.72. The fraction of sp³-hybridized carbons (Fsp3) is 0.368. The Morgan fingerprint density at radius 3 is 2.57 bits per heavy atom. The average Bonchev–Trinajstić information content (AvgIpc) is 2.69. The molecule has 2 amide bonds. The van der Waals surface area contributed by atoms with Crippen LogP contribution in [0.5, 0.6) is 0 Å². The van der Waals surface area contributed by atoms with Gasteiger partial charge in [0.2, 0.25) is 5.91 Å². The fourth-order valence-corrected chi connectivity index (χ4v) is 5.88. The van der Waals surface area contributed by atoms with Crippen LogP contribution in [-0.4, -0.2) is 57.5 Å². The topological polar surface area (TPSA) is 116 Å². The molecule has 11 heteroatoms. The van der Waals surface area contributed by atoms with Gasteiger partial charge in [-0.15, -0.1) is 23.5 Å². The van der Waals surface area contributed by atoms with Gasteiger partial charge in [0.25, 0.3) is 5.91 Å². The first-order valence-electron chi connectivity index (χ1n) is 8.72. The molecular formula is C19H19N2NaO6S2. The van der Waals surface area contributed by atoms with Crippen molar-refractivity contribution >= 4 is 47.3 Å². The van der Waals surface area contributed by atoms with E-state index < -0.39 is 28.1 Å². The summed E-state index contributed by atoms with van der Waals surface area (Å²) in [6.07, 6.45) is 1.80. The van der Waals surface area contributed by atoms with Crippen LogP contribution in [0.15, 0.2) is 41.6 Å². The Morgan fingerprint density at radius 2 is 2.00 bits per heavy atom. The van der Waals surface area contributed by atoms with Crippen molar-refractivity contribution < 1.29 is 58.6 Å². The van der Waals surface area contributed by atoms with Gasteiger partial charge in [-0.1, -0.05) is 30.3 Å². The van der Waals surface area contributed by atoms with Gasteiger partial charge in [0.05, 0.1) is 18.1 Å². The van der Waals surface area contributed by atoms with Gasteiger partial charge < -0.3 is 20.0 Å². The molecule has 30 heavy (non-hydrogen) atoms. The SMILES string of the molecule is CS[C@@]1(NC(=O)Cc2ccccc2)C(=O)N2C(C(=O)[O-])=C(COC(C)=O)CS[C@@H]21.[Na+]. The second-order valence-electron chi connectivity index (χ2n) is 6.51. The maximum Gasteiger partial charge on any atom is 1.00 e. The second-order valence-corrected chi connectivity index (χ2v) is 8.63. The van der Waals surface area contributed by atoms with Gasteiger partial charge in [-0.25, -0.2) is 0 Å². The number of nitrogens with one attached hydrogen (secondary N) is 1. The largest absolute Gasteiger partial charge is 1.00 e. The Bertz CT molecular complexity index is 894. The van der Waals surface area contributed by atoms with Crippen LogP contribution in [0.2, 0.25) is 0 Å². The van der Waals surface area contributed by atoms with Crippen molar-refractivity contribution in [2.45, 2.75) is 23.6 Å². The summed E-state index contributed by atoms with van der Waals surface area (Å²) < 4.78 is 4.90. The number of β-lactam (4-membered cyclic amide) rings is 1. The number of esters is 1. The molecule has 0 spiro atoms. The number of thioether (sulfide) groups is 2. The van der Waals surface area contributed by atoms with Gasteiger partial charge in [0.1, 0.15) is 12.0 Å². The first-order chi connectivity index (χ1) is 13.8. The molecule has 0 unspecified atom stereocenters. The fourth-order valence-electron chi connectivity index (χ4n) is 3.26. The first kappa shape index (κ1) is 24.8. The molecule has 1 aromatic rings. The van der Waals surface area contributed by atoms with Crippen molar-refractivity contribution in [2.24, 2.45) is 0 Å².